The maximum absolute atomic E-state index is 13.3. The molecule has 6 heteroatoms. The average Bonchev–Trinajstić information content (AvgIpc) is 3.24. The second-order valence-corrected chi connectivity index (χ2v) is 9.83. The molecule has 0 aromatic heterocycles. The highest BCUT2D eigenvalue weighted by Crippen LogP contribution is 2.46. The number of carbonyl (C=O) groups excluding carboxylic acids is 2. The van der Waals surface area contributed by atoms with E-state index in [2.05, 4.69) is 5.32 Å². The van der Waals surface area contributed by atoms with Gasteiger partial charge in [-0.3, -0.25) is 9.59 Å². The van der Waals surface area contributed by atoms with Gasteiger partial charge in [-0.05, 0) is 43.9 Å². The van der Waals surface area contributed by atoms with Gasteiger partial charge in [0.1, 0.15) is 5.82 Å². The topological polar surface area (TPSA) is 69.6 Å². The van der Waals surface area contributed by atoms with Gasteiger partial charge in [0.25, 0.3) is 0 Å². The molecule has 1 aliphatic heterocycles. The Kier molecular flexibility index (Phi) is 6.56. The molecule has 0 bridgehead atoms. The minimum atomic E-state index is -1.14. The van der Waals surface area contributed by atoms with Crippen molar-refractivity contribution in [2.24, 2.45) is 17.3 Å². The summed E-state index contributed by atoms with van der Waals surface area (Å²) in [6.07, 6.45) is 4.45. The molecule has 5 nitrogen and oxygen atoms in total. The van der Waals surface area contributed by atoms with E-state index < -0.39 is 11.0 Å². The van der Waals surface area contributed by atoms with E-state index in [1.54, 1.807) is 17.0 Å². The number of carbonyl (C=O) groups is 2. The number of piperidine rings is 1. The fourth-order valence-corrected chi connectivity index (χ4v) is 4.93. The molecule has 2 amide bonds. The van der Waals surface area contributed by atoms with Crippen LogP contribution in [-0.4, -0.2) is 41.0 Å². The average molecular weight is 419 g/mol. The third-order valence-electron chi connectivity index (χ3n) is 7.32. The van der Waals surface area contributed by atoms with E-state index in [0.29, 0.717) is 25.1 Å². The molecule has 2 N–H and O–H groups in total. The number of benzene rings is 1. The molecular formula is C24H35FN2O3. The molecule has 2 fully saturated rings. The van der Waals surface area contributed by atoms with Crippen molar-refractivity contribution in [3.05, 3.63) is 35.6 Å². The van der Waals surface area contributed by atoms with Crippen LogP contribution in [0.15, 0.2) is 24.3 Å². The number of likely N-dealkylation sites (tertiary alicyclic amines) is 1. The zero-order chi connectivity index (χ0) is 22.1. The van der Waals surface area contributed by atoms with Crippen molar-refractivity contribution < 1.29 is 19.1 Å². The minimum absolute atomic E-state index is 0.0107. The van der Waals surface area contributed by atoms with Gasteiger partial charge in [0, 0.05) is 30.5 Å². The van der Waals surface area contributed by atoms with Gasteiger partial charge in [-0.2, -0.15) is 0 Å². The fraction of sp³-hybridized carbons (Fsp3) is 0.667. The Morgan fingerprint density at radius 1 is 1.17 bits per heavy atom. The largest absolute Gasteiger partial charge is 0.384 e. The number of nitrogens with zero attached hydrogens (tertiary/aromatic N) is 1. The predicted octanol–water partition coefficient (Wildman–Crippen LogP) is 3.60. The van der Waals surface area contributed by atoms with Crippen molar-refractivity contribution in [2.75, 3.05) is 13.1 Å². The first kappa shape index (κ1) is 22.7. The number of amides is 2. The number of nitrogens with one attached hydrogen (secondary N) is 1. The van der Waals surface area contributed by atoms with E-state index in [9.17, 15) is 19.1 Å². The molecule has 1 saturated heterocycles. The van der Waals surface area contributed by atoms with Crippen LogP contribution in [0.2, 0.25) is 0 Å². The highest BCUT2D eigenvalue weighted by molar-refractivity contribution is 5.82. The van der Waals surface area contributed by atoms with Crippen LogP contribution in [0.3, 0.4) is 0 Å². The van der Waals surface area contributed by atoms with Crippen LogP contribution < -0.4 is 5.32 Å². The molecule has 1 saturated carbocycles. The van der Waals surface area contributed by atoms with Gasteiger partial charge in [-0.1, -0.05) is 45.7 Å². The lowest BCUT2D eigenvalue weighted by Crippen LogP contribution is -2.58. The lowest BCUT2D eigenvalue weighted by Gasteiger charge is -2.51. The highest BCUT2D eigenvalue weighted by atomic mass is 19.1. The normalized spacial score (nSPS) is 26.3. The smallest absolute Gasteiger partial charge is 0.227 e. The Hall–Kier alpha value is -1.95. The van der Waals surface area contributed by atoms with Crippen molar-refractivity contribution in [3.63, 3.8) is 0 Å². The van der Waals surface area contributed by atoms with Gasteiger partial charge in [0.2, 0.25) is 11.8 Å². The zero-order valence-corrected chi connectivity index (χ0v) is 18.6. The molecule has 3 unspecified atom stereocenters. The maximum Gasteiger partial charge on any atom is 0.227 e. The van der Waals surface area contributed by atoms with Crippen LogP contribution in [0.4, 0.5) is 4.39 Å². The minimum Gasteiger partial charge on any atom is -0.384 e. The van der Waals surface area contributed by atoms with Crippen LogP contribution in [0.1, 0.15) is 65.4 Å². The Labute approximate surface area is 179 Å². The summed E-state index contributed by atoms with van der Waals surface area (Å²) in [6, 6.07) is 5.72. The molecular weight excluding hydrogens is 383 g/mol. The second-order valence-electron chi connectivity index (χ2n) is 9.83. The van der Waals surface area contributed by atoms with Gasteiger partial charge in [0.05, 0.1) is 11.5 Å². The summed E-state index contributed by atoms with van der Waals surface area (Å²) in [6.45, 7) is 8.43. The van der Waals surface area contributed by atoms with Crippen LogP contribution in [0.5, 0.6) is 0 Å². The first-order chi connectivity index (χ1) is 14.0. The first-order valence-electron chi connectivity index (χ1n) is 11.1. The molecule has 1 aliphatic carbocycles. The van der Waals surface area contributed by atoms with Gasteiger partial charge < -0.3 is 15.3 Å². The second kappa shape index (κ2) is 8.66. The van der Waals surface area contributed by atoms with Crippen LogP contribution in [-0.2, 0) is 15.2 Å². The molecule has 3 atom stereocenters. The van der Waals surface area contributed by atoms with Crippen molar-refractivity contribution >= 4 is 11.8 Å². The van der Waals surface area contributed by atoms with Gasteiger partial charge in [-0.15, -0.1) is 0 Å². The Bertz CT molecular complexity index is 773. The van der Waals surface area contributed by atoms with E-state index >= 15 is 0 Å². The number of rotatable bonds is 5. The molecule has 1 aromatic carbocycles. The maximum atomic E-state index is 13.3. The molecule has 166 valence electrons. The van der Waals surface area contributed by atoms with E-state index in [0.717, 1.165) is 25.7 Å². The van der Waals surface area contributed by atoms with Crippen molar-refractivity contribution in [2.45, 2.75) is 71.4 Å². The lowest BCUT2D eigenvalue weighted by atomic mass is 9.66. The molecule has 0 spiro atoms. The third kappa shape index (κ3) is 4.39. The van der Waals surface area contributed by atoms with E-state index in [1.807, 2.05) is 27.7 Å². The summed E-state index contributed by atoms with van der Waals surface area (Å²) < 4.78 is 13.3. The first-order valence-corrected chi connectivity index (χ1v) is 11.1. The summed E-state index contributed by atoms with van der Waals surface area (Å²) in [4.78, 5) is 27.4. The summed E-state index contributed by atoms with van der Waals surface area (Å²) in [5.41, 5.74) is -1.07. The summed E-state index contributed by atoms with van der Waals surface area (Å²) >= 11 is 0. The molecule has 2 aliphatic rings. The van der Waals surface area contributed by atoms with Crippen molar-refractivity contribution in [1.29, 1.82) is 0 Å². The molecule has 1 aromatic rings. The van der Waals surface area contributed by atoms with Crippen LogP contribution >= 0.6 is 0 Å². The Morgan fingerprint density at radius 3 is 2.33 bits per heavy atom. The van der Waals surface area contributed by atoms with Crippen molar-refractivity contribution in [1.82, 2.24) is 10.2 Å². The quantitative estimate of drug-likeness (QED) is 0.768. The van der Waals surface area contributed by atoms with E-state index in [-0.39, 0.29) is 35.5 Å². The standard InChI is InChI=1S/C24H35FN2O3/c1-16(17(2)26-21(28)18-7-5-6-8-18)22(29)27-14-13-24(30,23(3,4)15-27)19-9-11-20(25)12-10-19/h9-12,16-18,30H,5-8,13-15H2,1-4H3,(H,26,28). The number of halogens is 1. The monoisotopic (exact) mass is 418 g/mol. The molecule has 30 heavy (non-hydrogen) atoms. The van der Waals surface area contributed by atoms with Crippen molar-refractivity contribution in [3.8, 4) is 0 Å². The molecule has 0 radical (unpaired) electrons. The molecule has 3 rings (SSSR count). The third-order valence-corrected chi connectivity index (χ3v) is 7.32. The summed E-state index contributed by atoms with van der Waals surface area (Å²) in [7, 11) is 0. The summed E-state index contributed by atoms with van der Waals surface area (Å²) in [5.74, 6) is -0.555. The Morgan fingerprint density at radius 2 is 1.77 bits per heavy atom. The predicted molar refractivity (Wildman–Crippen MR) is 114 cm³/mol. The van der Waals surface area contributed by atoms with E-state index in [1.165, 1.54) is 12.1 Å². The van der Waals surface area contributed by atoms with E-state index in [4.69, 9.17) is 0 Å². The lowest BCUT2D eigenvalue weighted by molar-refractivity contribution is -0.156. The fourth-order valence-electron chi connectivity index (χ4n) is 4.93. The van der Waals surface area contributed by atoms with Crippen LogP contribution in [0.25, 0.3) is 0 Å². The van der Waals surface area contributed by atoms with Crippen LogP contribution in [0, 0.1) is 23.1 Å². The highest BCUT2D eigenvalue weighted by Gasteiger charge is 2.50. The number of aliphatic hydroxyl groups is 1. The SMILES string of the molecule is CC(NC(=O)C1CCCC1)C(C)C(=O)N1CCC(O)(c2ccc(F)cc2)C(C)(C)C1. The molecule has 1 heterocycles. The van der Waals surface area contributed by atoms with Gasteiger partial charge in [0.15, 0.2) is 0 Å². The van der Waals surface area contributed by atoms with Gasteiger partial charge in [-0.25, -0.2) is 4.39 Å². The summed E-state index contributed by atoms with van der Waals surface area (Å²) in [5, 5.41) is 14.5. The zero-order valence-electron chi connectivity index (χ0n) is 18.6. The number of hydrogen-bond donors (Lipinski definition) is 2. The number of hydrogen-bond acceptors (Lipinski definition) is 3. The van der Waals surface area contributed by atoms with Gasteiger partial charge >= 0.3 is 0 Å². The Balaban J connectivity index is 1.65.